The number of halogens is 1. The summed E-state index contributed by atoms with van der Waals surface area (Å²) < 4.78 is 19.3. The van der Waals surface area contributed by atoms with Crippen LogP contribution < -0.4 is 4.74 Å². The van der Waals surface area contributed by atoms with Gasteiger partial charge in [0.2, 0.25) is 0 Å². The first-order valence-corrected chi connectivity index (χ1v) is 11.8. The lowest BCUT2D eigenvalue weighted by Crippen LogP contribution is -2.41. The number of ether oxygens (including phenoxy) is 3. The molecule has 2 aromatic carbocycles. The summed E-state index contributed by atoms with van der Waals surface area (Å²) in [7, 11) is 1.59. The first-order chi connectivity index (χ1) is 15.6. The van der Waals surface area contributed by atoms with Crippen molar-refractivity contribution in [1.29, 1.82) is 0 Å². The predicted octanol–water partition coefficient (Wildman–Crippen LogP) is 5.83. The van der Waals surface area contributed by atoms with Gasteiger partial charge in [-0.2, -0.15) is 0 Å². The number of hydrogen-bond donors (Lipinski definition) is 0. The van der Waals surface area contributed by atoms with Crippen LogP contribution in [0.5, 0.6) is 5.75 Å². The number of benzene rings is 2. The maximum absolute atomic E-state index is 13.8. The molecule has 1 aromatic heterocycles. The number of methoxy groups -OCH3 is 1. The maximum atomic E-state index is 13.8. The van der Waals surface area contributed by atoms with Crippen LogP contribution in [0.25, 0.3) is 10.9 Å². The Kier molecular flexibility index (Phi) is 8.01. The average molecular weight is 564 g/mol. The second-order valence-corrected chi connectivity index (χ2v) is 9.63. The van der Waals surface area contributed by atoms with Gasteiger partial charge in [-0.05, 0) is 86.2 Å². The molecule has 7 nitrogen and oxygen atoms in total. The minimum absolute atomic E-state index is 0.0896. The fourth-order valence-corrected chi connectivity index (χ4v) is 3.90. The van der Waals surface area contributed by atoms with Crippen molar-refractivity contribution < 1.29 is 23.8 Å². The van der Waals surface area contributed by atoms with Crippen LogP contribution in [0.15, 0.2) is 48.5 Å². The SMILES string of the molecule is CCOCn1c(C(=O)N(Cc2ccccc2I)C(=O)OC(C)(C)C)cc2cc(OC)ccc21. The second-order valence-electron chi connectivity index (χ2n) is 8.47. The minimum Gasteiger partial charge on any atom is -0.497 e. The molecule has 1 heterocycles. The number of nitrogens with zero attached hydrogens (tertiary/aromatic N) is 2. The number of carbonyl (C=O) groups is 2. The van der Waals surface area contributed by atoms with E-state index in [0.29, 0.717) is 18.1 Å². The fourth-order valence-electron chi connectivity index (χ4n) is 3.35. The number of aromatic nitrogens is 1. The molecule has 3 rings (SSSR count). The summed E-state index contributed by atoms with van der Waals surface area (Å²) in [6.07, 6.45) is -0.696. The van der Waals surface area contributed by atoms with Gasteiger partial charge in [-0.25, -0.2) is 9.69 Å². The molecule has 0 bridgehead atoms. The third-order valence-electron chi connectivity index (χ3n) is 4.90. The zero-order valence-electron chi connectivity index (χ0n) is 19.6. The monoisotopic (exact) mass is 564 g/mol. The molecule has 0 atom stereocenters. The normalized spacial score (nSPS) is 11.5. The maximum Gasteiger partial charge on any atom is 0.417 e. The predicted molar refractivity (Wildman–Crippen MR) is 135 cm³/mol. The topological polar surface area (TPSA) is 70.0 Å². The summed E-state index contributed by atoms with van der Waals surface area (Å²) in [5, 5.41) is 0.816. The minimum atomic E-state index is -0.745. The van der Waals surface area contributed by atoms with Gasteiger partial charge in [0.25, 0.3) is 5.91 Å². The summed E-state index contributed by atoms with van der Waals surface area (Å²) in [4.78, 5) is 28.1. The zero-order chi connectivity index (χ0) is 24.2. The van der Waals surface area contributed by atoms with Crippen LogP contribution in [0.1, 0.15) is 43.7 Å². The Morgan fingerprint density at radius 3 is 2.45 bits per heavy atom. The van der Waals surface area contributed by atoms with Crippen molar-refractivity contribution in [1.82, 2.24) is 9.47 Å². The van der Waals surface area contributed by atoms with E-state index in [1.165, 1.54) is 0 Å². The van der Waals surface area contributed by atoms with E-state index in [4.69, 9.17) is 14.2 Å². The van der Waals surface area contributed by atoms with Gasteiger partial charge in [-0.1, -0.05) is 18.2 Å². The first kappa shape index (κ1) is 25.0. The molecule has 0 saturated heterocycles. The van der Waals surface area contributed by atoms with E-state index in [9.17, 15) is 9.59 Å². The Hall–Kier alpha value is -2.59. The molecular weight excluding hydrogens is 535 g/mol. The molecule has 0 radical (unpaired) electrons. The highest BCUT2D eigenvalue weighted by Crippen LogP contribution is 2.27. The summed E-state index contributed by atoms with van der Waals surface area (Å²) >= 11 is 2.20. The summed E-state index contributed by atoms with van der Waals surface area (Å²) in [5.74, 6) is 0.219. The van der Waals surface area contributed by atoms with Crippen LogP contribution in [0, 0.1) is 3.57 Å². The van der Waals surface area contributed by atoms with E-state index in [-0.39, 0.29) is 13.3 Å². The largest absolute Gasteiger partial charge is 0.497 e. The van der Waals surface area contributed by atoms with Crippen molar-refractivity contribution in [2.45, 2.75) is 46.6 Å². The lowest BCUT2D eigenvalue weighted by molar-refractivity contribution is 0.0217. The van der Waals surface area contributed by atoms with Gasteiger partial charge >= 0.3 is 6.09 Å². The third kappa shape index (κ3) is 6.05. The van der Waals surface area contributed by atoms with Crippen LogP contribution in [-0.4, -0.2) is 40.8 Å². The number of amides is 2. The molecular formula is C25H29IN2O5. The molecule has 0 fully saturated rings. The Labute approximate surface area is 207 Å². The highest BCUT2D eigenvalue weighted by molar-refractivity contribution is 14.1. The standard InChI is InChI=1S/C25H29IN2O5/c1-6-32-16-28-21-12-11-19(31-5)13-18(21)14-22(28)23(29)27(24(30)33-25(2,3)4)15-17-9-7-8-10-20(17)26/h7-14H,6,15-16H2,1-5H3. The highest BCUT2D eigenvalue weighted by Gasteiger charge is 2.31. The molecule has 2 amide bonds. The van der Waals surface area contributed by atoms with E-state index >= 15 is 0 Å². The Bertz CT molecular complexity index is 1150. The smallest absolute Gasteiger partial charge is 0.417 e. The van der Waals surface area contributed by atoms with Crippen molar-refractivity contribution in [3.05, 3.63) is 63.4 Å². The van der Waals surface area contributed by atoms with E-state index in [1.807, 2.05) is 49.4 Å². The van der Waals surface area contributed by atoms with E-state index in [2.05, 4.69) is 22.6 Å². The van der Waals surface area contributed by atoms with Crippen LogP contribution >= 0.6 is 22.6 Å². The van der Waals surface area contributed by atoms with E-state index in [1.54, 1.807) is 38.5 Å². The average Bonchev–Trinajstić information content (AvgIpc) is 3.12. The number of rotatable bonds is 7. The number of carbonyl (C=O) groups excluding carboxylic acids is 2. The molecule has 0 aliphatic carbocycles. The molecule has 176 valence electrons. The molecule has 0 N–H and O–H groups in total. The van der Waals surface area contributed by atoms with E-state index < -0.39 is 17.6 Å². The van der Waals surface area contributed by atoms with Gasteiger partial charge in [0.05, 0.1) is 19.2 Å². The molecule has 0 aliphatic rings. The fraction of sp³-hybridized carbons (Fsp3) is 0.360. The van der Waals surface area contributed by atoms with Gasteiger partial charge in [-0.15, -0.1) is 0 Å². The second kappa shape index (κ2) is 10.6. The van der Waals surface area contributed by atoms with E-state index in [0.717, 1.165) is 24.9 Å². The molecule has 0 spiro atoms. The summed E-state index contributed by atoms with van der Waals surface area (Å²) in [6, 6.07) is 14.9. The Balaban J connectivity index is 2.08. The highest BCUT2D eigenvalue weighted by atomic mass is 127. The number of fused-ring (bicyclic) bond motifs is 1. The van der Waals surface area contributed by atoms with Crippen molar-refractivity contribution in [3.8, 4) is 5.75 Å². The summed E-state index contributed by atoms with van der Waals surface area (Å²) in [6.45, 7) is 7.97. The van der Waals surface area contributed by atoms with Crippen LogP contribution in [0.3, 0.4) is 0 Å². The van der Waals surface area contributed by atoms with Crippen molar-refractivity contribution in [2.24, 2.45) is 0 Å². The molecule has 33 heavy (non-hydrogen) atoms. The van der Waals surface area contributed by atoms with Crippen LogP contribution in [0.2, 0.25) is 0 Å². The van der Waals surface area contributed by atoms with Gasteiger partial charge in [0.15, 0.2) is 0 Å². The summed E-state index contributed by atoms with van der Waals surface area (Å²) in [5.41, 5.74) is 1.26. The Morgan fingerprint density at radius 2 is 1.82 bits per heavy atom. The van der Waals surface area contributed by atoms with Gasteiger partial charge in [-0.3, -0.25) is 4.79 Å². The molecule has 0 saturated carbocycles. The number of hydrogen-bond acceptors (Lipinski definition) is 5. The van der Waals surface area contributed by atoms with Crippen molar-refractivity contribution in [2.75, 3.05) is 13.7 Å². The Morgan fingerprint density at radius 1 is 1.09 bits per heavy atom. The number of imide groups is 1. The van der Waals surface area contributed by atoms with Gasteiger partial charge < -0.3 is 18.8 Å². The molecule has 0 unspecified atom stereocenters. The quantitative estimate of drug-likeness (QED) is 0.338. The van der Waals surface area contributed by atoms with Gasteiger partial charge in [0.1, 0.15) is 23.8 Å². The lowest BCUT2D eigenvalue weighted by Gasteiger charge is -2.27. The lowest BCUT2D eigenvalue weighted by atomic mass is 10.2. The first-order valence-electron chi connectivity index (χ1n) is 10.7. The van der Waals surface area contributed by atoms with Crippen LogP contribution in [-0.2, 0) is 22.7 Å². The van der Waals surface area contributed by atoms with Crippen LogP contribution in [0.4, 0.5) is 4.79 Å². The molecule has 0 aliphatic heterocycles. The zero-order valence-corrected chi connectivity index (χ0v) is 21.7. The third-order valence-corrected chi connectivity index (χ3v) is 5.95. The van der Waals surface area contributed by atoms with Crippen molar-refractivity contribution >= 4 is 45.5 Å². The molecule has 8 heteroatoms. The van der Waals surface area contributed by atoms with Crippen molar-refractivity contribution in [3.63, 3.8) is 0 Å². The molecule has 3 aromatic rings. The van der Waals surface area contributed by atoms with Gasteiger partial charge in [0, 0.05) is 15.6 Å².